The maximum Gasteiger partial charge on any atom is 0.255 e. The van der Waals surface area contributed by atoms with Crippen molar-refractivity contribution in [2.75, 3.05) is 25.0 Å². The molecule has 0 unspecified atom stereocenters. The van der Waals surface area contributed by atoms with Crippen LogP contribution in [0.4, 0.5) is 14.6 Å². The van der Waals surface area contributed by atoms with Crippen LogP contribution in [0.25, 0.3) is 0 Å². The molecule has 2 aliphatic heterocycles. The standard InChI is InChI=1S/C27H31F2N7O4/c1-17(24(37)33-22-14-31-23(15-30-22)40-21-5-4-18(28)12-20(21)29)34-10-11-35(26(2,3)16-34)25(38)27(39)7-9-36-19(13-27)6-8-32-36/h4-6,8,12,14-15,17,39H,7,9-11,13,16H2,1-3H3,(H,30,33,37)/t17-,27+/m0/s1. The molecule has 2 aliphatic rings. The predicted molar refractivity (Wildman–Crippen MR) is 139 cm³/mol. The zero-order valence-electron chi connectivity index (χ0n) is 22.5. The molecule has 3 aromatic rings. The molecule has 0 aliphatic carbocycles. The number of amides is 2. The van der Waals surface area contributed by atoms with Crippen molar-refractivity contribution in [1.82, 2.24) is 29.5 Å². The normalized spacial score (nSPS) is 21.4. The minimum atomic E-state index is -1.49. The van der Waals surface area contributed by atoms with Gasteiger partial charge >= 0.3 is 0 Å². The second kappa shape index (κ2) is 10.5. The van der Waals surface area contributed by atoms with Gasteiger partial charge in [0, 0.05) is 57.0 Å². The van der Waals surface area contributed by atoms with E-state index in [0.717, 1.165) is 17.8 Å². The number of carbonyl (C=O) groups is 2. The lowest BCUT2D eigenvalue weighted by Gasteiger charge is -2.50. The van der Waals surface area contributed by atoms with E-state index in [1.165, 1.54) is 12.4 Å². The summed E-state index contributed by atoms with van der Waals surface area (Å²) in [6, 6.07) is 4.17. The van der Waals surface area contributed by atoms with Crippen molar-refractivity contribution in [3.8, 4) is 11.6 Å². The smallest absolute Gasteiger partial charge is 0.255 e. The summed E-state index contributed by atoms with van der Waals surface area (Å²) < 4.78 is 34.0. The summed E-state index contributed by atoms with van der Waals surface area (Å²) >= 11 is 0. The molecule has 0 spiro atoms. The van der Waals surface area contributed by atoms with Gasteiger partial charge in [0.05, 0.1) is 24.0 Å². The molecule has 11 nitrogen and oxygen atoms in total. The SMILES string of the molecule is C[C@@H](C(=O)Nc1cnc(Oc2ccc(F)cc2F)cn1)N1CCN(C(=O)[C@@]2(O)CCn3nccc3C2)C(C)(C)C1. The molecule has 40 heavy (non-hydrogen) atoms. The Morgan fingerprint density at radius 1 is 1.12 bits per heavy atom. The molecule has 0 radical (unpaired) electrons. The third-order valence-corrected chi connectivity index (χ3v) is 7.51. The molecule has 1 aromatic carbocycles. The largest absolute Gasteiger partial charge is 0.434 e. The molecular formula is C27H31F2N7O4. The van der Waals surface area contributed by atoms with Gasteiger partial charge in [0.15, 0.2) is 23.0 Å². The summed E-state index contributed by atoms with van der Waals surface area (Å²) in [6.45, 7) is 7.31. The van der Waals surface area contributed by atoms with Gasteiger partial charge in [-0.2, -0.15) is 5.10 Å². The van der Waals surface area contributed by atoms with Gasteiger partial charge in [-0.15, -0.1) is 0 Å². The number of carbonyl (C=O) groups excluding carboxylic acids is 2. The average Bonchev–Trinajstić information content (AvgIpc) is 3.37. The lowest BCUT2D eigenvalue weighted by atomic mass is 9.86. The Morgan fingerprint density at radius 2 is 1.93 bits per heavy atom. The van der Waals surface area contributed by atoms with Crippen molar-refractivity contribution < 1.29 is 28.2 Å². The first-order valence-electron chi connectivity index (χ1n) is 13.0. The summed E-state index contributed by atoms with van der Waals surface area (Å²) in [5.41, 5.74) is -1.30. The van der Waals surface area contributed by atoms with E-state index in [2.05, 4.69) is 20.4 Å². The number of nitrogens with zero attached hydrogens (tertiary/aromatic N) is 6. The van der Waals surface area contributed by atoms with Crippen LogP contribution in [-0.2, 0) is 22.6 Å². The monoisotopic (exact) mass is 555 g/mol. The van der Waals surface area contributed by atoms with Crippen LogP contribution in [0.3, 0.4) is 0 Å². The summed E-state index contributed by atoms with van der Waals surface area (Å²) in [4.78, 5) is 38.4. The van der Waals surface area contributed by atoms with Gasteiger partial charge in [0.2, 0.25) is 11.8 Å². The zero-order valence-corrected chi connectivity index (χ0v) is 22.5. The second-order valence-electron chi connectivity index (χ2n) is 10.8. The fourth-order valence-electron chi connectivity index (χ4n) is 5.22. The summed E-state index contributed by atoms with van der Waals surface area (Å²) in [6.07, 6.45) is 4.67. The Hall–Kier alpha value is -3.97. The van der Waals surface area contributed by atoms with E-state index in [1.807, 2.05) is 24.8 Å². The van der Waals surface area contributed by atoms with Crippen molar-refractivity contribution in [2.45, 2.75) is 57.3 Å². The Labute approximate surface area is 229 Å². The number of hydrogen-bond donors (Lipinski definition) is 2. The quantitative estimate of drug-likeness (QED) is 0.475. The Morgan fingerprint density at radius 3 is 2.62 bits per heavy atom. The van der Waals surface area contributed by atoms with Gasteiger partial charge in [0.1, 0.15) is 5.82 Å². The molecule has 2 atom stereocenters. The highest BCUT2D eigenvalue weighted by Gasteiger charge is 2.48. The van der Waals surface area contributed by atoms with Crippen LogP contribution in [0.1, 0.15) is 32.9 Å². The van der Waals surface area contributed by atoms with E-state index >= 15 is 0 Å². The lowest BCUT2D eigenvalue weighted by Crippen LogP contribution is -2.67. The number of anilines is 1. The number of aliphatic hydroxyl groups is 1. The third-order valence-electron chi connectivity index (χ3n) is 7.51. The van der Waals surface area contributed by atoms with Gasteiger partial charge in [-0.3, -0.25) is 19.2 Å². The van der Waals surface area contributed by atoms with E-state index in [1.54, 1.807) is 22.7 Å². The summed E-state index contributed by atoms with van der Waals surface area (Å²) in [7, 11) is 0. The van der Waals surface area contributed by atoms with Gasteiger partial charge in [0.25, 0.3) is 5.91 Å². The van der Waals surface area contributed by atoms with E-state index in [4.69, 9.17) is 4.74 Å². The molecule has 2 aromatic heterocycles. The maximum atomic E-state index is 13.8. The zero-order chi connectivity index (χ0) is 28.7. The first-order chi connectivity index (χ1) is 18.9. The molecule has 13 heteroatoms. The molecule has 2 amide bonds. The Balaban J connectivity index is 1.18. The van der Waals surface area contributed by atoms with Crippen molar-refractivity contribution in [2.24, 2.45) is 0 Å². The molecule has 2 N–H and O–H groups in total. The maximum absolute atomic E-state index is 13.8. The van der Waals surface area contributed by atoms with Crippen LogP contribution < -0.4 is 10.1 Å². The fraction of sp³-hybridized carbons (Fsp3) is 0.444. The molecular weight excluding hydrogens is 524 g/mol. The van der Waals surface area contributed by atoms with E-state index in [9.17, 15) is 23.5 Å². The van der Waals surface area contributed by atoms with Gasteiger partial charge in [-0.1, -0.05) is 0 Å². The highest BCUT2D eigenvalue weighted by Crippen LogP contribution is 2.31. The minimum absolute atomic E-state index is 0.0248. The van der Waals surface area contributed by atoms with Crippen molar-refractivity contribution >= 4 is 17.6 Å². The fourth-order valence-corrected chi connectivity index (χ4v) is 5.22. The van der Waals surface area contributed by atoms with E-state index in [0.29, 0.717) is 38.7 Å². The molecule has 0 bridgehead atoms. The Bertz CT molecular complexity index is 1410. The van der Waals surface area contributed by atoms with Gasteiger partial charge < -0.3 is 20.1 Å². The first kappa shape index (κ1) is 27.6. The lowest BCUT2D eigenvalue weighted by molar-refractivity contribution is -0.164. The van der Waals surface area contributed by atoms with Gasteiger partial charge in [-0.25, -0.2) is 18.7 Å². The third kappa shape index (κ3) is 5.52. The highest BCUT2D eigenvalue weighted by atomic mass is 19.1. The van der Waals surface area contributed by atoms with Crippen LogP contribution in [0.15, 0.2) is 42.9 Å². The number of fused-ring (bicyclic) bond motifs is 1. The number of rotatable bonds is 6. The molecule has 4 heterocycles. The minimum Gasteiger partial charge on any atom is -0.434 e. The van der Waals surface area contributed by atoms with Crippen molar-refractivity contribution in [3.05, 3.63) is 60.2 Å². The predicted octanol–water partition coefficient (Wildman–Crippen LogP) is 2.37. The molecule has 0 saturated carbocycles. The number of aromatic nitrogens is 4. The number of aryl methyl sites for hydroxylation is 1. The van der Waals surface area contributed by atoms with E-state index in [-0.39, 0.29) is 35.7 Å². The van der Waals surface area contributed by atoms with Gasteiger partial charge in [-0.05, 0) is 39.0 Å². The number of nitrogens with one attached hydrogen (secondary N) is 1. The number of benzene rings is 1. The number of piperazine rings is 1. The average molecular weight is 556 g/mol. The number of ether oxygens (including phenoxy) is 1. The van der Waals surface area contributed by atoms with Crippen LogP contribution in [0, 0.1) is 11.6 Å². The summed E-state index contributed by atoms with van der Waals surface area (Å²) in [5.74, 6) is -2.28. The van der Waals surface area contributed by atoms with E-state index < -0.39 is 28.8 Å². The van der Waals surface area contributed by atoms with Crippen molar-refractivity contribution in [1.29, 1.82) is 0 Å². The highest BCUT2D eigenvalue weighted by molar-refractivity contribution is 5.93. The molecule has 5 rings (SSSR count). The number of halogens is 2. The number of hydrogen-bond acceptors (Lipinski definition) is 8. The van der Waals surface area contributed by atoms with Crippen LogP contribution in [-0.4, -0.2) is 83.3 Å². The molecule has 1 saturated heterocycles. The van der Waals surface area contributed by atoms with Crippen molar-refractivity contribution in [3.63, 3.8) is 0 Å². The Kier molecular flexibility index (Phi) is 7.27. The first-order valence-corrected chi connectivity index (χ1v) is 13.0. The topological polar surface area (TPSA) is 126 Å². The molecule has 212 valence electrons. The van der Waals surface area contributed by atoms with Crippen LogP contribution in [0.2, 0.25) is 0 Å². The van der Waals surface area contributed by atoms with Crippen LogP contribution >= 0.6 is 0 Å². The molecule has 1 fully saturated rings. The summed E-state index contributed by atoms with van der Waals surface area (Å²) in [5, 5.41) is 18.2. The second-order valence-corrected chi connectivity index (χ2v) is 10.8. The van der Waals surface area contributed by atoms with Crippen LogP contribution in [0.5, 0.6) is 11.6 Å².